The van der Waals surface area contributed by atoms with E-state index in [4.69, 9.17) is 35.9 Å². The van der Waals surface area contributed by atoms with Gasteiger partial charge in [-0.15, -0.1) is 0 Å². The Bertz CT molecular complexity index is 1080. The van der Waals surface area contributed by atoms with Crippen LogP contribution in [0.25, 0.3) is 11.1 Å². The molecule has 1 aliphatic heterocycles. The molecule has 0 saturated heterocycles. The summed E-state index contributed by atoms with van der Waals surface area (Å²) in [5.74, 6) is -0.246. The molecule has 2 heterocycles. The molecular formula is C23H24B2FN3O2. The molecule has 1 aromatic heterocycles. The van der Waals surface area contributed by atoms with Gasteiger partial charge < -0.3 is 15.2 Å². The maximum atomic E-state index is 14.4. The summed E-state index contributed by atoms with van der Waals surface area (Å²) in [5.41, 5.74) is 7.64. The highest BCUT2D eigenvalue weighted by Crippen LogP contribution is 2.65. The van der Waals surface area contributed by atoms with E-state index < -0.39 is 16.9 Å². The lowest BCUT2D eigenvalue weighted by Gasteiger charge is -2.53. The van der Waals surface area contributed by atoms with E-state index in [2.05, 4.69) is 11.9 Å². The molecule has 1 aromatic carbocycles. The summed E-state index contributed by atoms with van der Waals surface area (Å²) in [4.78, 5) is 8.59. The highest BCUT2D eigenvalue weighted by Gasteiger charge is 2.68. The first-order chi connectivity index (χ1) is 14.7. The van der Waals surface area contributed by atoms with Gasteiger partial charge in [0.2, 0.25) is 5.95 Å². The summed E-state index contributed by atoms with van der Waals surface area (Å²) in [7, 11) is 15.0. The Morgan fingerprint density at radius 1 is 1.29 bits per heavy atom. The molecule has 2 aromatic rings. The van der Waals surface area contributed by atoms with Gasteiger partial charge in [0, 0.05) is 24.3 Å². The lowest BCUT2D eigenvalue weighted by Crippen LogP contribution is -2.60. The average molecular weight is 415 g/mol. The molecule has 0 bridgehead atoms. The number of rotatable bonds is 2. The Balaban J connectivity index is 1.71. The van der Waals surface area contributed by atoms with Gasteiger partial charge in [-0.2, -0.15) is 4.39 Å². The smallest absolute Gasteiger partial charge is 0.281 e. The highest BCUT2D eigenvalue weighted by molar-refractivity contribution is 6.41. The predicted molar refractivity (Wildman–Crippen MR) is 118 cm³/mol. The van der Waals surface area contributed by atoms with Crippen molar-refractivity contribution in [2.75, 3.05) is 7.11 Å². The molecule has 0 amide bonds. The molecule has 1 saturated carbocycles. The van der Waals surface area contributed by atoms with Crippen molar-refractivity contribution in [3.63, 3.8) is 0 Å². The molecule has 8 heteroatoms. The van der Waals surface area contributed by atoms with Crippen molar-refractivity contribution in [1.82, 2.24) is 4.98 Å². The van der Waals surface area contributed by atoms with Gasteiger partial charge in [0.05, 0.1) is 11.5 Å². The molecule has 5 nitrogen and oxygen atoms in total. The van der Waals surface area contributed by atoms with Crippen LogP contribution in [-0.2, 0) is 21.4 Å². The SMILES string of the molecule is [B]C1([B])OC(N)=N[C@]12c1cc(-c3cccnc3F)ccc1C[C@]21CC[C@@H](OC)[C@H](C)C1. The Morgan fingerprint density at radius 3 is 2.74 bits per heavy atom. The molecule has 1 fully saturated rings. The van der Waals surface area contributed by atoms with Crippen LogP contribution in [0.15, 0.2) is 41.5 Å². The molecule has 2 aliphatic carbocycles. The summed E-state index contributed by atoms with van der Waals surface area (Å²) in [6.07, 6.45) is 4.83. The van der Waals surface area contributed by atoms with E-state index in [-0.39, 0.29) is 23.5 Å². The highest BCUT2D eigenvalue weighted by atomic mass is 19.1. The summed E-state index contributed by atoms with van der Waals surface area (Å²) in [5, 5.41) is -1.62. The maximum absolute atomic E-state index is 14.4. The van der Waals surface area contributed by atoms with Crippen LogP contribution < -0.4 is 5.73 Å². The number of nitrogens with zero attached hydrogens (tertiary/aromatic N) is 2. The number of halogens is 1. The van der Waals surface area contributed by atoms with E-state index in [1.54, 1.807) is 19.2 Å². The molecule has 5 rings (SSSR count). The Morgan fingerprint density at radius 2 is 2.10 bits per heavy atom. The van der Waals surface area contributed by atoms with Crippen LogP contribution in [0.5, 0.6) is 0 Å². The van der Waals surface area contributed by atoms with Gasteiger partial charge in [-0.1, -0.05) is 19.1 Å². The standard InChI is InChI=1S/C23H24B2FN3O2/c1-13-11-21(8-7-18(13)30-2)12-15-6-5-14(16-4-3-9-28-19(16)26)10-17(15)22(21)23(24,25)31-20(27)29-22/h3-6,9-10,13,18H,7-8,11-12H2,1-2H3,(H2,27,29)/t13-,18-,21-,22+/m1/s1. The van der Waals surface area contributed by atoms with Crippen molar-refractivity contribution < 1.29 is 13.9 Å². The molecule has 4 radical (unpaired) electrons. The minimum atomic E-state index is -1.62. The normalized spacial score (nSPS) is 33.3. The van der Waals surface area contributed by atoms with Gasteiger partial charge in [-0.25, -0.2) is 9.98 Å². The second-order valence-electron chi connectivity index (χ2n) is 9.22. The number of methoxy groups -OCH3 is 1. The number of nitrogens with two attached hydrogens (primary N) is 1. The van der Waals surface area contributed by atoms with Crippen molar-refractivity contribution in [1.29, 1.82) is 0 Å². The van der Waals surface area contributed by atoms with E-state index >= 15 is 0 Å². The van der Waals surface area contributed by atoms with Crippen LogP contribution in [0, 0.1) is 17.3 Å². The quantitative estimate of drug-likeness (QED) is 0.605. The molecule has 0 unspecified atom stereocenters. The van der Waals surface area contributed by atoms with Gasteiger partial charge in [-0.3, -0.25) is 0 Å². The van der Waals surface area contributed by atoms with E-state index in [9.17, 15) is 4.39 Å². The molecule has 156 valence electrons. The minimum Gasteiger partial charge on any atom is -0.476 e. The van der Waals surface area contributed by atoms with E-state index in [0.29, 0.717) is 11.1 Å². The minimum absolute atomic E-state index is 0.0169. The predicted octanol–water partition coefficient (Wildman–Crippen LogP) is 2.80. The summed E-state index contributed by atoms with van der Waals surface area (Å²) >= 11 is 0. The van der Waals surface area contributed by atoms with Gasteiger partial charge in [-0.05, 0) is 66.5 Å². The maximum Gasteiger partial charge on any atom is 0.281 e. The third-order valence-electron chi connectivity index (χ3n) is 7.54. The van der Waals surface area contributed by atoms with Crippen molar-refractivity contribution in [2.24, 2.45) is 22.1 Å². The van der Waals surface area contributed by atoms with Crippen LogP contribution >= 0.6 is 0 Å². The second-order valence-corrected chi connectivity index (χ2v) is 9.22. The third-order valence-corrected chi connectivity index (χ3v) is 7.54. The van der Waals surface area contributed by atoms with E-state index in [1.807, 2.05) is 18.2 Å². The van der Waals surface area contributed by atoms with Gasteiger partial charge in [0.25, 0.3) is 6.02 Å². The summed E-state index contributed by atoms with van der Waals surface area (Å²) < 4.78 is 25.8. The number of aliphatic imine (C=N–C) groups is 1. The van der Waals surface area contributed by atoms with Gasteiger partial charge in [0.1, 0.15) is 21.2 Å². The van der Waals surface area contributed by atoms with Crippen LogP contribution in [-0.4, -0.2) is 45.3 Å². The van der Waals surface area contributed by atoms with E-state index in [1.165, 1.54) is 6.20 Å². The lowest BCUT2D eigenvalue weighted by atomic mass is 9.44. The number of pyridine rings is 1. The van der Waals surface area contributed by atoms with Crippen LogP contribution in [0.4, 0.5) is 4.39 Å². The average Bonchev–Trinajstić information content (AvgIpc) is 3.13. The van der Waals surface area contributed by atoms with Gasteiger partial charge in [0.15, 0.2) is 0 Å². The first-order valence-electron chi connectivity index (χ1n) is 10.6. The Hall–Kier alpha value is -2.34. The Labute approximate surface area is 184 Å². The first-order valence-corrected chi connectivity index (χ1v) is 10.6. The number of benzene rings is 1. The fraction of sp³-hybridized carbons (Fsp3) is 0.478. The molecule has 2 spiro atoms. The summed E-state index contributed by atoms with van der Waals surface area (Å²) in [6.45, 7) is 2.18. The fourth-order valence-corrected chi connectivity index (χ4v) is 6.33. The number of aromatic nitrogens is 1. The lowest BCUT2D eigenvalue weighted by molar-refractivity contribution is -0.0559. The van der Waals surface area contributed by atoms with Crippen molar-refractivity contribution in [3.05, 3.63) is 53.6 Å². The molecule has 31 heavy (non-hydrogen) atoms. The number of hydrogen-bond acceptors (Lipinski definition) is 5. The van der Waals surface area contributed by atoms with Crippen molar-refractivity contribution >= 4 is 21.7 Å². The third kappa shape index (κ3) is 2.73. The van der Waals surface area contributed by atoms with Crippen LogP contribution in [0.3, 0.4) is 0 Å². The summed E-state index contributed by atoms with van der Waals surface area (Å²) in [6, 6.07) is 9.25. The molecule has 3 aliphatic rings. The molecule has 2 N–H and O–H groups in total. The topological polar surface area (TPSA) is 69.7 Å². The zero-order valence-corrected chi connectivity index (χ0v) is 17.8. The molecule has 4 atom stereocenters. The van der Waals surface area contributed by atoms with Crippen molar-refractivity contribution in [3.8, 4) is 11.1 Å². The number of fused-ring (bicyclic) bond motifs is 3. The largest absolute Gasteiger partial charge is 0.476 e. The zero-order chi connectivity index (χ0) is 22.0. The number of ether oxygens (including phenoxy) is 2. The Kier molecular flexibility index (Phi) is 4.53. The van der Waals surface area contributed by atoms with Crippen molar-refractivity contribution in [2.45, 2.75) is 49.6 Å². The second kappa shape index (κ2) is 6.83. The van der Waals surface area contributed by atoms with Crippen LogP contribution in [0.1, 0.15) is 37.3 Å². The zero-order valence-electron chi connectivity index (χ0n) is 17.8. The van der Waals surface area contributed by atoms with Gasteiger partial charge >= 0.3 is 0 Å². The monoisotopic (exact) mass is 415 g/mol. The van der Waals surface area contributed by atoms with Crippen LogP contribution in [0.2, 0.25) is 0 Å². The number of amidine groups is 1. The molecular weight excluding hydrogens is 391 g/mol. The van der Waals surface area contributed by atoms with E-state index in [0.717, 1.165) is 36.8 Å². The number of hydrogen-bond donors (Lipinski definition) is 1. The first kappa shape index (κ1) is 20.6. The fourth-order valence-electron chi connectivity index (χ4n) is 6.33.